The molecule has 0 spiro atoms. The second kappa shape index (κ2) is 5.52. The monoisotopic (exact) mass is 234 g/mol. The summed E-state index contributed by atoms with van der Waals surface area (Å²) in [6.45, 7) is 5.82. The number of ether oxygens (including phenoxy) is 1. The molecule has 2 rings (SSSR count). The number of nitrogens with one attached hydrogen (secondary N) is 1. The van der Waals surface area contributed by atoms with Crippen LogP contribution >= 0.6 is 0 Å². The summed E-state index contributed by atoms with van der Waals surface area (Å²) in [5.41, 5.74) is 9.28. The first-order valence-electron chi connectivity index (χ1n) is 6.39. The van der Waals surface area contributed by atoms with Crippen molar-refractivity contribution < 1.29 is 4.74 Å². The number of anilines is 1. The predicted octanol–water partition coefficient (Wildman–Crippen LogP) is 2.23. The van der Waals surface area contributed by atoms with E-state index in [1.165, 1.54) is 11.1 Å². The zero-order valence-electron chi connectivity index (χ0n) is 10.7. The Morgan fingerprint density at radius 1 is 1.41 bits per heavy atom. The minimum Gasteiger partial charge on any atom is -0.398 e. The third-order valence-electron chi connectivity index (χ3n) is 3.38. The molecule has 0 unspecified atom stereocenters. The molecule has 0 aliphatic heterocycles. The lowest BCUT2D eigenvalue weighted by atomic mass is 9.89. The molecule has 1 fully saturated rings. The quantitative estimate of drug-likeness (QED) is 0.768. The second-order valence-electron chi connectivity index (χ2n) is 4.83. The van der Waals surface area contributed by atoms with E-state index in [0.717, 1.165) is 31.7 Å². The molecule has 1 aliphatic rings. The first-order valence-corrected chi connectivity index (χ1v) is 6.39. The SMILES string of the molecule is CCOC1CC(NCc2cc(C)ccc2N)C1. The zero-order chi connectivity index (χ0) is 12.3. The van der Waals surface area contributed by atoms with Crippen LogP contribution < -0.4 is 11.1 Å². The lowest BCUT2D eigenvalue weighted by Gasteiger charge is -2.35. The van der Waals surface area contributed by atoms with Gasteiger partial charge in [-0.1, -0.05) is 17.7 Å². The molecule has 0 atom stereocenters. The molecule has 3 N–H and O–H groups in total. The molecule has 1 saturated carbocycles. The molecule has 0 bridgehead atoms. The van der Waals surface area contributed by atoms with Crippen LogP contribution in [0.5, 0.6) is 0 Å². The van der Waals surface area contributed by atoms with Gasteiger partial charge in [0.25, 0.3) is 0 Å². The van der Waals surface area contributed by atoms with Crippen LogP contribution in [0.1, 0.15) is 30.9 Å². The van der Waals surface area contributed by atoms with Crippen molar-refractivity contribution in [2.24, 2.45) is 0 Å². The molecule has 0 aromatic heterocycles. The van der Waals surface area contributed by atoms with Gasteiger partial charge in [0, 0.05) is 24.9 Å². The van der Waals surface area contributed by atoms with Crippen molar-refractivity contribution in [3.8, 4) is 0 Å². The summed E-state index contributed by atoms with van der Waals surface area (Å²) < 4.78 is 5.54. The maximum absolute atomic E-state index is 5.95. The van der Waals surface area contributed by atoms with Gasteiger partial charge in [-0.15, -0.1) is 0 Å². The average molecular weight is 234 g/mol. The van der Waals surface area contributed by atoms with Crippen LogP contribution in [0.2, 0.25) is 0 Å². The van der Waals surface area contributed by atoms with Crippen LogP contribution in [-0.4, -0.2) is 18.8 Å². The van der Waals surface area contributed by atoms with Gasteiger partial charge in [0.2, 0.25) is 0 Å². The van der Waals surface area contributed by atoms with E-state index in [9.17, 15) is 0 Å². The molecule has 0 amide bonds. The Hall–Kier alpha value is -1.06. The highest BCUT2D eigenvalue weighted by Gasteiger charge is 2.28. The van der Waals surface area contributed by atoms with Crippen molar-refractivity contribution in [1.82, 2.24) is 5.32 Å². The number of benzene rings is 1. The molecule has 17 heavy (non-hydrogen) atoms. The van der Waals surface area contributed by atoms with Crippen molar-refractivity contribution in [3.63, 3.8) is 0 Å². The topological polar surface area (TPSA) is 47.3 Å². The average Bonchev–Trinajstić information content (AvgIpc) is 2.26. The molecule has 3 heteroatoms. The normalized spacial score (nSPS) is 23.4. The maximum Gasteiger partial charge on any atom is 0.0604 e. The van der Waals surface area contributed by atoms with Crippen LogP contribution in [0.15, 0.2) is 18.2 Å². The van der Waals surface area contributed by atoms with Crippen LogP contribution in [0.4, 0.5) is 5.69 Å². The Kier molecular flexibility index (Phi) is 4.02. The van der Waals surface area contributed by atoms with Crippen molar-refractivity contribution in [3.05, 3.63) is 29.3 Å². The summed E-state index contributed by atoms with van der Waals surface area (Å²) in [7, 11) is 0. The third kappa shape index (κ3) is 3.20. The van der Waals surface area contributed by atoms with Crippen molar-refractivity contribution >= 4 is 5.69 Å². The molecule has 1 aromatic carbocycles. The van der Waals surface area contributed by atoms with E-state index in [-0.39, 0.29) is 0 Å². The molecular formula is C14H22N2O. The fraction of sp³-hybridized carbons (Fsp3) is 0.571. The van der Waals surface area contributed by atoms with Crippen LogP contribution in [0.25, 0.3) is 0 Å². The number of rotatable bonds is 5. The lowest BCUT2D eigenvalue weighted by molar-refractivity contribution is -0.0102. The highest BCUT2D eigenvalue weighted by Crippen LogP contribution is 2.24. The van der Waals surface area contributed by atoms with Gasteiger partial charge >= 0.3 is 0 Å². The Balaban J connectivity index is 1.77. The highest BCUT2D eigenvalue weighted by atomic mass is 16.5. The van der Waals surface area contributed by atoms with Gasteiger partial charge in [-0.25, -0.2) is 0 Å². The minimum absolute atomic E-state index is 0.465. The summed E-state index contributed by atoms with van der Waals surface area (Å²) in [6.07, 6.45) is 2.71. The lowest BCUT2D eigenvalue weighted by Crippen LogP contribution is -2.45. The van der Waals surface area contributed by atoms with Gasteiger partial charge in [0.15, 0.2) is 0 Å². The molecule has 1 aromatic rings. The molecule has 94 valence electrons. The van der Waals surface area contributed by atoms with Crippen molar-refractivity contribution in [2.75, 3.05) is 12.3 Å². The summed E-state index contributed by atoms with van der Waals surface area (Å²) in [6, 6.07) is 6.77. The number of nitrogen functional groups attached to an aromatic ring is 1. The third-order valence-corrected chi connectivity index (χ3v) is 3.38. The fourth-order valence-corrected chi connectivity index (χ4v) is 2.25. The Bertz CT molecular complexity index is 372. The van der Waals surface area contributed by atoms with Gasteiger partial charge in [0.1, 0.15) is 0 Å². The Labute approximate surface area is 103 Å². The smallest absolute Gasteiger partial charge is 0.0604 e. The van der Waals surface area contributed by atoms with E-state index in [0.29, 0.717) is 12.1 Å². The van der Waals surface area contributed by atoms with E-state index in [1.54, 1.807) is 0 Å². The summed E-state index contributed by atoms with van der Waals surface area (Å²) in [4.78, 5) is 0. The number of hydrogen-bond donors (Lipinski definition) is 2. The molecule has 3 nitrogen and oxygen atoms in total. The van der Waals surface area contributed by atoms with Crippen molar-refractivity contribution in [2.45, 2.75) is 45.4 Å². The molecule has 1 aliphatic carbocycles. The first-order chi connectivity index (χ1) is 8.19. The van der Waals surface area contributed by atoms with E-state index in [4.69, 9.17) is 10.5 Å². The van der Waals surface area contributed by atoms with E-state index >= 15 is 0 Å². The van der Waals surface area contributed by atoms with E-state index in [1.807, 2.05) is 19.1 Å². The summed E-state index contributed by atoms with van der Waals surface area (Å²) in [5.74, 6) is 0. The van der Waals surface area contributed by atoms with Gasteiger partial charge < -0.3 is 15.8 Å². The van der Waals surface area contributed by atoms with Gasteiger partial charge in [-0.2, -0.15) is 0 Å². The van der Waals surface area contributed by atoms with E-state index in [2.05, 4.69) is 18.3 Å². The predicted molar refractivity (Wildman–Crippen MR) is 70.9 cm³/mol. The van der Waals surface area contributed by atoms with E-state index < -0.39 is 0 Å². The molecule has 0 radical (unpaired) electrons. The molecular weight excluding hydrogens is 212 g/mol. The van der Waals surface area contributed by atoms with Crippen LogP contribution in [0.3, 0.4) is 0 Å². The van der Waals surface area contributed by atoms with Gasteiger partial charge in [0.05, 0.1) is 6.10 Å². The number of hydrogen-bond acceptors (Lipinski definition) is 3. The van der Waals surface area contributed by atoms with Crippen LogP contribution in [0, 0.1) is 6.92 Å². The summed E-state index contributed by atoms with van der Waals surface area (Å²) in [5, 5.41) is 3.53. The zero-order valence-corrected chi connectivity index (χ0v) is 10.7. The molecule has 0 saturated heterocycles. The number of nitrogens with two attached hydrogens (primary N) is 1. The number of aryl methyl sites for hydroxylation is 1. The maximum atomic E-state index is 5.95. The largest absolute Gasteiger partial charge is 0.398 e. The molecule has 0 heterocycles. The minimum atomic E-state index is 0.465. The fourth-order valence-electron chi connectivity index (χ4n) is 2.25. The van der Waals surface area contributed by atoms with Gasteiger partial charge in [-0.3, -0.25) is 0 Å². The first kappa shape index (κ1) is 12.4. The standard InChI is InChI=1S/C14H22N2O/c1-3-17-13-7-12(8-13)16-9-11-6-10(2)4-5-14(11)15/h4-6,12-13,16H,3,7-9,15H2,1-2H3. The van der Waals surface area contributed by atoms with Crippen LogP contribution in [-0.2, 0) is 11.3 Å². The Morgan fingerprint density at radius 3 is 2.88 bits per heavy atom. The Morgan fingerprint density at radius 2 is 2.18 bits per heavy atom. The highest BCUT2D eigenvalue weighted by molar-refractivity contribution is 5.48. The summed E-state index contributed by atoms with van der Waals surface area (Å²) >= 11 is 0. The second-order valence-corrected chi connectivity index (χ2v) is 4.83. The van der Waals surface area contributed by atoms with Gasteiger partial charge in [-0.05, 0) is 38.3 Å². The van der Waals surface area contributed by atoms with Crippen molar-refractivity contribution in [1.29, 1.82) is 0 Å².